The Balaban J connectivity index is 3.20. The van der Waals surface area contributed by atoms with E-state index >= 15 is 0 Å². The summed E-state index contributed by atoms with van der Waals surface area (Å²) in [6.07, 6.45) is 0. The van der Waals surface area contributed by atoms with E-state index in [2.05, 4.69) is 0 Å². The van der Waals surface area contributed by atoms with Crippen molar-refractivity contribution in [3.63, 3.8) is 0 Å². The Morgan fingerprint density at radius 2 is 1.93 bits per heavy atom. The van der Waals surface area contributed by atoms with Gasteiger partial charge < -0.3 is 0 Å². The minimum absolute atomic E-state index is 0.0333. The number of carbonyl (C=O) groups excluding carboxylic acids is 1. The third kappa shape index (κ3) is 2.87. The van der Waals surface area contributed by atoms with Gasteiger partial charge in [0.1, 0.15) is 0 Å². The molecule has 4 nitrogen and oxygen atoms in total. The SMILES string of the molecule is CC(C)C(=O)c1cccc(S(N)(=O)=O)c1. The summed E-state index contributed by atoms with van der Waals surface area (Å²) in [5.41, 5.74) is 0.372. The number of ketones is 1. The summed E-state index contributed by atoms with van der Waals surface area (Å²) in [5, 5.41) is 4.96. The summed E-state index contributed by atoms with van der Waals surface area (Å²) in [6, 6.07) is 5.76. The van der Waals surface area contributed by atoms with E-state index in [-0.39, 0.29) is 16.6 Å². The van der Waals surface area contributed by atoms with Crippen LogP contribution >= 0.6 is 0 Å². The Bertz CT molecular complexity index is 477. The highest BCUT2D eigenvalue weighted by atomic mass is 32.2. The van der Waals surface area contributed by atoms with Gasteiger partial charge in [-0.05, 0) is 12.1 Å². The van der Waals surface area contributed by atoms with Crippen molar-refractivity contribution in [3.05, 3.63) is 29.8 Å². The lowest BCUT2D eigenvalue weighted by Gasteiger charge is -2.05. The van der Waals surface area contributed by atoms with E-state index in [1.807, 2.05) is 0 Å². The van der Waals surface area contributed by atoms with Gasteiger partial charge in [-0.1, -0.05) is 26.0 Å². The Hall–Kier alpha value is -1.20. The molecule has 0 atom stereocenters. The van der Waals surface area contributed by atoms with E-state index in [1.54, 1.807) is 19.9 Å². The first-order valence-corrected chi connectivity index (χ1v) is 6.04. The maximum absolute atomic E-state index is 11.6. The number of rotatable bonds is 3. The first-order valence-electron chi connectivity index (χ1n) is 4.49. The molecule has 2 N–H and O–H groups in total. The summed E-state index contributed by atoms with van der Waals surface area (Å²) in [4.78, 5) is 11.6. The number of primary sulfonamides is 1. The highest BCUT2D eigenvalue weighted by Gasteiger charge is 2.13. The van der Waals surface area contributed by atoms with Crippen LogP contribution in [0.1, 0.15) is 24.2 Å². The molecule has 0 aromatic heterocycles. The van der Waals surface area contributed by atoms with Crippen LogP contribution in [-0.4, -0.2) is 14.2 Å². The molecule has 0 aliphatic carbocycles. The highest BCUT2D eigenvalue weighted by molar-refractivity contribution is 7.89. The van der Waals surface area contributed by atoms with E-state index < -0.39 is 10.0 Å². The number of carbonyl (C=O) groups is 1. The van der Waals surface area contributed by atoms with Gasteiger partial charge in [-0.3, -0.25) is 4.79 Å². The number of Topliss-reactive ketones (excluding diaryl/α,β-unsaturated/α-hetero) is 1. The molecule has 0 amide bonds. The smallest absolute Gasteiger partial charge is 0.238 e. The monoisotopic (exact) mass is 227 g/mol. The van der Waals surface area contributed by atoms with Crippen LogP contribution in [0.4, 0.5) is 0 Å². The Labute approximate surface area is 89.2 Å². The Morgan fingerprint density at radius 1 is 1.33 bits per heavy atom. The van der Waals surface area contributed by atoms with Gasteiger partial charge in [0.15, 0.2) is 5.78 Å². The van der Waals surface area contributed by atoms with Gasteiger partial charge in [-0.2, -0.15) is 0 Å². The minimum atomic E-state index is -3.74. The fraction of sp³-hybridized carbons (Fsp3) is 0.300. The molecular weight excluding hydrogens is 214 g/mol. The molecule has 0 heterocycles. The predicted octanol–water partition coefficient (Wildman–Crippen LogP) is 1.17. The van der Waals surface area contributed by atoms with Gasteiger partial charge >= 0.3 is 0 Å². The second-order valence-corrected chi connectivity index (χ2v) is 5.15. The molecule has 0 saturated carbocycles. The molecule has 0 aliphatic rings. The predicted molar refractivity (Wildman–Crippen MR) is 57.0 cm³/mol. The second kappa shape index (κ2) is 4.12. The zero-order valence-corrected chi connectivity index (χ0v) is 9.41. The fourth-order valence-corrected chi connectivity index (χ4v) is 1.72. The van der Waals surface area contributed by atoms with Crippen molar-refractivity contribution in [1.29, 1.82) is 0 Å². The molecule has 1 aromatic carbocycles. The van der Waals surface area contributed by atoms with Crippen molar-refractivity contribution in [2.24, 2.45) is 11.1 Å². The molecule has 0 spiro atoms. The molecule has 15 heavy (non-hydrogen) atoms. The molecule has 0 radical (unpaired) electrons. The van der Waals surface area contributed by atoms with Gasteiger partial charge in [0.05, 0.1) is 4.90 Å². The molecule has 0 bridgehead atoms. The van der Waals surface area contributed by atoms with Crippen LogP contribution < -0.4 is 5.14 Å². The van der Waals surface area contributed by atoms with Crippen LogP contribution in [0.2, 0.25) is 0 Å². The Morgan fingerprint density at radius 3 is 2.40 bits per heavy atom. The molecule has 1 aromatic rings. The van der Waals surface area contributed by atoms with Crippen molar-refractivity contribution < 1.29 is 13.2 Å². The molecule has 82 valence electrons. The van der Waals surface area contributed by atoms with Crippen molar-refractivity contribution in [3.8, 4) is 0 Å². The highest BCUT2D eigenvalue weighted by Crippen LogP contribution is 2.13. The van der Waals surface area contributed by atoms with Crippen LogP contribution in [0.5, 0.6) is 0 Å². The van der Waals surface area contributed by atoms with Gasteiger partial charge in [0, 0.05) is 11.5 Å². The van der Waals surface area contributed by atoms with Crippen LogP contribution in [0.25, 0.3) is 0 Å². The number of hydrogen-bond donors (Lipinski definition) is 1. The molecule has 0 aliphatic heterocycles. The van der Waals surface area contributed by atoms with Crippen molar-refractivity contribution >= 4 is 15.8 Å². The lowest BCUT2D eigenvalue weighted by Crippen LogP contribution is -2.14. The summed E-state index contributed by atoms with van der Waals surface area (Å²) >= 11 is 0. The normalized spacial score (nSPS) is 11.7. The summed E-state index contributed by atoms with van der Waals surface area (Å²) in [6.45, 7) is 3.51. The van der Waals surface area contributed by atoms with Crippen molar-refractivity contribution in [2.75, 3.05) is 0 Å². The molecule has 0 unspecified atom stereocenters. The van der Waals surface area contributed by atoms with Crippen LogP contribution in [0.15, 0.2) is 29.2 Å². The van der Waals surface area contributed by atoms with Gasteiger partial charge in [-0.15, -0.1) is 0 Å². The average Bonchev–Trinajstić information content (AvgIpc) is 2.15. The topological polar surface area (TPSA) is 77.2 Å². The molecule has 1 rings (SSSR count). The molecule has 5 heteroatoms. The first-order chi connectivity index (χ1) is 6.82. The Kier molecular flexibility index (Phi) is 3.26. The fourth-order valence-electron chi connectivity index (χ4n) is 1.16. The minimum Gasteiger partial charge on any atom is -0.294 e. The van der Waals surface area contributed by atoms with E-state index in [9.17, 15) is 13.2 Å². The molecular formula is C10H13NO3S. The van der Waals surface area contributed by atoms with E-state index in [1.165, 1.54) is 18.2 Å². The average molecular weight is 227 g/mol. The standard InChI is InChI=1S/C10H13NO3S/c1-7(2)10(12)8-4-3-5-9(6-8)15(11,13)14/h3-7H,1-2H3,(H2,11,13,14). The quantitative estimate of drug-likeness (QED) is 0.787. The number of sulfonamides is 1. The largest absolute Gasteiger partial charge is 0.294 e. The summed E-state index contributed by atoms with van der Waals surface area (Å²) in [5.74, 6) is -0.263. The van der Waals surface area contributed by atoms with E-state index in [0.29, 0.717) is 5.56 Å². The van der Waals surface area contributed by atoms with E-state index in [4.69, 9.17) is 5.14 Å². The lowest BCUT2D eigenvalue weighted by atomic mass is 10.0. The van der Waals surface area contributed by atoms with Gasteiger partial charge in [0.2, 0.25) is 10.0 Å². The lowest BCUT2D eigenvalue weighted by molar-refractivity contribution is 0.0939. The second-order valence-electron chi connectivity index (χ2n) is 3.59. The van der Waals surface area contributed by atoms with Crippen LogP contribution in [-0.2, 0) is 10.0 Å². The number of benzene rings is 1. The van der Waals surface area contributed by atoms with Gasteiger partial charge in [0.25, 0.3) is 0 Å². The number of nitrogens with two attached hydrogens (primary N) is 1. The third-order valence-corrected chi connectivity index (χ3v) is 2.88. The summed E-state index contributed by atoms with van der Waals surface area (Å²) < 4.78 is 22.1. The summed E-state index contributed by atoms with van der Waals surface area (Å²) in [7, 11) is -3.74. The van der Waals surface area contributed by atoms with Crippen LogP contribution in [0, 0.1) is 5.92 Å². The third-order valence-electron chi connectivity index (χ3n) is 1.97. The first kappa shape index (κ1) is 11.9. The van der Waals surface area contributed by atoms with Crippen molar-refractivity contribution in [2.45, 2.75) is 18.7 Å². The van der Waals surface area contributed by atoms with Gasteiger partial charge in [-0.25, -0.2) is 13.6 Å². The van der Waals surface area contributed by atoms with Crippen molar-refractivity contribution in [1.82, 2.24) is 0 Å². The maximum atomic E-state index is 11.6. The van der Waals surface area contributed by atoms with E-state index in [0.717, 1.165) is 0 Å². The molecule has 0 saturated heterocycles. The maximum Gasteiger partial charge on any atom is 0.238 e. The molecule has 0 fully saturated rings. The zero-order valence-electron chi connectivity index (χ0n) is 8.60. The van der Waals surface area contributed by atoms with Crippen LogP contribution in [0.3, 0.4) is 0 Å². The number of hydrogen-bond acceptors (Lipinski definition) is 3. The zero-order chi connectivity index (χ0) is 11.6.